The lowest BCUT2D eigenvalue weighted by Gasteiger charge is -2.17. The van der Waals surface area contributed by atoms with Gasteiger partial charge in [0.15, 0.2) is 6.23 Å². The summed E-state index contributed by atoms with van der Waals surface area (Å²) >= 11 is 11.5. The van der Waals surface area contributed by atoms with Crippen LogP contribution in [0, 0.1) is 5.82 Å². The fourth-order valence-electron chi connectivity index (χ4n) is 1.81. The molecule has 5 nitrogen and oxygen atoms in total. The van der Waals surface area contributed by atoms with E-state index in [0.29, 0.717) is 0 Å². The Labute approximate surface area is 136 Å². The van der Waals surface area contributed by atoms with Crippen molar-refractivity contribution in [3.63, 3.8) is 0 Å². The molecule has 9 heteroatoms. The molecule has 0 saturated heterocycles. The Balaban J connectivity index is 2.32. The number of benzene rings is 2. The minimum absolute atomic E-state index is 0.0624. The maximum atomic E-state index is 13.8. The number of aliphatic hydroxyl groups is 1. The maximum absolute atomic E-state index is 13.8. The van der Waals surface area contributed by atoms with Crippen molar-refractivity contribution in [1.29, 1.82) is 0 Å². The van der Waals surface area contributed by atoms with Gasteiger partial charge in [-0.25, -0.2) is 17.9 Å². The lowest BCUT2D eigenvalue weighted by molar-refractivity contribution is 0.203. The Kier molecular flexibility index (Phi) is 4.93. The van der Waals surface area contributed by atoms with Crippen LogP contribution in [0.1, 0.15) is 11.8 Å². The SMILES string of the molecule is NS(=O)(=O)c1cccc(NC(O)c2c(F)cc(Cl)cc2Cl)c1. The van der Waals surface area contributed by atoms with Crippen molar-refractivity contribution in [3.8, 4) is 0 Å². The van der Waals surface area contributed by atoms with Gasteiger partial charge in [0.2, 0.25) is 10.0 Å². The molecule has 4 N–H and O–H groups in total. The third kappa shape index (κ3) is 3.88. The number of hydrogen-bond acceptors (Lipinski definition) is 4. The molecule has 0 spiro atoms. The Morgan fingerprint density at radius 1 is 1.23 bits per heavy atom. The first-order valence-corrected chi connectivity index (χ1v) is 8.20. The molecule has 0 radical (unpaired) electrons. The zero-order valence-corrected chi connectivity index (χ0v) is 13.3. The van der Waals surface area contributed by atoms with Gasteiger partial charge >= 0.3 is 0 Å². The summed E-state index contributed by atoms with van der Waals surface area (Å²) in [6, 6.07) is 7.71. The molecule has 0 aliphatic heterocycles. The highest BCUT2D eigenvalue weighted by Crippen LogP contribution is 2.30. The summed E-state index contributed by atoms with van der Waals surface area (Å²) in [6.45, 7) is 0. The van der Waals surface area contributed by atoms with Crippen LogP contribution in [-0.2, 0) is 10.0 Å². The minimum Gasteiger partial charge on any atom is -0.369 e. The summed E-state index contributed by atoms with van der Waals surface area (Å²) in [5.74, 6) is -0.792. The summed E-state index contributed by atoms with van der Waals surface area (Å²) in [7, 11) is -3.89. The van der Waals surface area contributed by atoms with Crippen molar-refractivity contribution >= 4 is 38.9 Å². The molecule has 0 saturated carbocycles. The van der Waals surface area contributed by atoms with E-state index in [-0.39, 0.29) is 26.2 Å². The molecule has 0 fully saturated rings. The molecule has 2 aromatic rings. The second-order valence-electron chi connectivity index (χ2n) is 4.40. The van der Waals surface area contributed by atoms with Crippen LogP contribution in [0.3, 0.4) is 0 Å². The molecule has 1 unspecified atom stereocenters. The van der Waals surface area contributed by atoms with Crippen molar-refractivity contribution < 1.29 is 17.9 Å². The number of rotatable bonds is 4. The second-order valence-corrected chi connectivity index (χ2v) is 6.81. The molecular weight excluding hydrogens is 354 g/mol. The van der Waals surface area contributed by atoms with E-state index in [0.717, 1.165) is 6.07 Å². The number of hydrogen-bond donors (Lipinski definition) is 3. The number of aliphatic hydroxyl groups excluding tert-OH is 1. The van der Waals surface area contributed by atoms with Crippen LogP contribution in [0.4, 0.5) is 10.1 Å². The van der Waals surface area contributed by atoms with Crippen molar-refractivity contribution in [1.82, 2.24) is 0 Å². The molecule has 2 aromatic carbocycles. The Morgan fingerprint density at radius 2 is 1.91 bits per heavy atom. The van der Waals surface area contributed by atoms with Crippen LogP contribution in [0.5, 0.6) is 0 Å². The van der Waals surface area contributed by atoms with Gasteiger partial charge in [-0.3, -0.25) is 0 Å². The summed E-state index contributed by atoms with van der Waals surface area (Å²) in [5, 5.41) is 17.6. The molecule has 0 aliphatic carbocycles. The lowest BCUT2D eigenvalue weighted by atomic mass is 10.1. The van der Waals surface area contributed by atoms with Crippen molar-refractivity contribution in [2.24, 2.45) is 5.14 Å². The van der Waals surface area contributed by atoms with Gasteiger partial charge in [-0.1, -0.05) is 29.3 Å². The zero-order chi connectivity index (χ0) is 16.5. The van der Waals surface area contributed by atoms with Crippen molar-refractivity contribution in [3.05, 3.63) is 57.8 Å². The van der Waals surface area contributed by atoms with E-state index >= 15 is 0 Å². The molecule has 0 aliphatic rings. The van der Waals surface area contributed by atoms with Gasteiger partial charge in [0, 0.05) is 10.7 Å². The smallest absolute Gasteiger partial charge is 0.238 e. The zero-order valence-electron chi connectivity index (χ0n) is 10.9. The maximum Gasteiger partial charge on any atom is 0.238 e. The Hall–Kier alpha value is -1.38. The third-order valence-electron chi connectivity index (χ3n) is 2.78. The molecule has 2 rings (SSSR count). The van der Waals surface area contributed by atoms with Crippen molar-refractivity contribution in [2.75, 3.05) is 5.32 Å². The first-order chi connectivity index (χ1) is 10.2. The highest BCUT2D eigenvalue weighted by molar-refractivity contribution is 7.89. The number of anilines is 1. The van der Waals surface area contributed by atoms with Gasteiger partial charge < -0.3 is 10.4 Å². The molecule has 0 bridgehead atoms. The fraction of sp³-hybridized carbons (Fsp3) is 0.0769. The summed E-state index contributed by atoms with van der Waals surface area (Å²) in [4.78, 5) is -0.146. The van der Waals surface area contributed by atoms with Crippen molar-refractivity contribution in [2.45, 2.75) is 11.1 Å². The quantitative estimate of drug-likeness (QED) is 0.727. The van der Waals surface area contributed by atoms with Crippen LogP contribution in [-0.4, -0.2) is 13.5 Å². The van der Waals surface area contributed by atoms with Crippen LogP contribution < -0.4 is 10.5 Å². The topological polar surface area (TPSA) is 92.4 Å². The summed E-state index contributed by atoms with van der Waals surface area (Å²) in [6.07, 6.45) is -1.50. The number of primary sulfonamides is 1. The Morgan fingerprint density at radius 3 is 2.50 bits per heavy atom. The molecule has 0 heterocycles. The number of nitrogens with two attached hydrogens (primary N) is 1. The van der Waals surface area contributed by atoms with Gasteiger partial charge in [-0.05, 0) is 30.3 Å². The normalized spacial score (nSPS) is 13.0. The van der Waals surface area contributed by atoms with E-state index in [2.05, 4.69) is 5.32 Å². The molecule has 0 amide bonds. The lowest BCUT2D eigenvalue weighted by Crippen LogP contribution is -2.14. The number of nitrogens with one attached hydrogen (secondary N) is 1. The average Bonchev–Trinajstić information content (AvgIpc) is 2.36. The third-order valence-corrected chi connectivity index (χ3v) is 4.23. The second kappa shape index (κ2) is 6.39. The van der Waals surface area contributed by atoms with Gasteiger partial charge in [-0.2, -0.15) is 0 Å². The van der Waals surface area contributed by atoms with E-state index in [1.807, 2.05) is 0 Å². The van der Waals surface area contributed by atoms with E-state index in [1.165, 1.54) is 30.3 Å². The molecule has 0 aromatic heterocycles. The first kappa shape index (κ1) is 17.0. The van der Waals surface area contributed by atoms with E-state index in [9.17, 15) is 17.9 Å². The van der Waals surface area contributed by atoms with Crippen LogP contribution >= 0.6 is 23.2 Å². The molecular formula is C13H11Cl2FN2O3S. The average molecular weight is 365 g/mol. The summed E-state index contributed by atoms with van der Waals surface area (Å²) < 4.78 is 36.4. The predicted octanol–water partition coefficient (Wildman–Crippen LogP) is 2.88. The van der Waals surface area contributed by atoms with Gasteiger partial charge in [-0.15, -0.1) is 0 Å². The largest absolute Gasteiger partial charge is 0.369 e. The van der Waals surface area contributed by atoms with Gasteiger partial charge in [0.25, 0.3) is 0 Å². The van der Waals surface area contributed by atoms with E-state index in [4.69, 9.17) is 28.3 Å². The van der Waals surface area contributed by atoms with Crippen LogP contribution in [0.15, 0.2) is 41.3 Å². The number of halogens is 3. The minimum atomic E-state index is -3.89. The number of sulfonamides is 1. The monoisotopic (exact) mass is 364 g/mol. The fourth-order valence-corrected chi connectivity index (χ4v) is 2.94. The highest BCUT2D eigenvalue weighted by Gasteiger charge is 2.18. The molecule has 22 heavy (non-hydrogen) atoms. The predicted molar refractivity (Wildman–Crippen MR) is 82.8 cm³/mol. The van der Waals surface area contributed by atoms with Gasteiger partial charge in [0.05, 0.1) is 15.5 Å². The van der Waals surface area contributed by atoms with Gasteiger partial charge in [0.1, 0.15) is 5.82 Å². The summed E-state index contributed by atoms with van der Waals surface area (Å²) in [5.41, 5.74) is 0.0246. The standard InChI is InChI=1S/C13H11Cl2FN2O3S/c14-7-4-10(15)12(11(16)5-7)13(19)18-8-2-1-3-9(6-8)22(17,20)21/h1-6,13,18-19H,(H2,17,20,21). The van der Waals surface area contributed by atoms with Crippen LogP contribution in [0.2, 0.25) is 10.0 Å². The van der Waals surface area contributed by atoms with Crippen LogP contribution in [0.25, 0.3) is 0 Å². The Bertz CT molecular complexity index is 792. The molecule has 1 atom stereocenters. The molecule has 118 valence electrons. The van der Waals surface area contributed by atoms with E-state index < -0.39 is 22.1 Å². The first-order valence-electron chi connectivity index (χ1n) is 5.90. The highest BCUT2D eigenvalue weighted by atomic mass is 35.5. The van der Waals surface area contributed by atoms with E-state index in [1.54, 1.807) is 0 Å².